The number of carbonyl (C=O) groups excluding carboxylic acids is 1. The van der Waals surface area contributed by atoms with Crippen molar-refractivity contribution in [2.24, 2.45) is 0 Å². The van der Waals surface area contributed by atoms with Crippen LogP contribution in [0.1, 0.15) is 32.6 Å². The second-order valence-electron chi connectivity index (χ2n) is 4.73. The summed E-state index contributed by atoms with van der Waals surface area (Å²) >= 11 is 0. The van der Waals surface area contributed by atoms with Crippen molar-refractivity contribution in [1.29, 1.82) is 0 Å². The largest absolute Gasteiger partial charge is 0.463 e. The fourth-order valence-electron chi connectivity index (χ4n) is 1.70. The quantitative estimate of drug-likeness (QED) is 0.260. The Morgan fingerprint density at radius 1 is 1.24 bits per heavy atom. The third kappa shape index (κ3) is 10.3. The lowest BCUT2D eigenvalue weighted by molar-refractivity contribution is -0.137. The van der Waals surface area contributed by atoms with Crippen LogP contribution in [0.15, 0.2) is 12.7 Å². The Morgan fingerprint density at radius 2 is 1.88 bits per heavy atom. The fourth-order valence-corrected chi connectivity index (χ4v) is 3.73. The Morgan fingerprint density at radius 3 is 2.47 bits per heavy atom. The molecule has 0 saturated carbocycles. The molecule has 0 aromatic rings. The molecule has 0 aliphatic rings. The number of ether oxygens (including phenoxy) is 1. The first-order valence-corrected chi connectivity index (χ1v) is 9.56. The van der Waals surface area contributed by atoms with Gasteiger partial charge in [0.25, 0.3) is 0 Å². The number of hydrogen-bond acceptors (Lipinski definition) is 3. The second kappa shape index (κ2) is 9.42. The minimum absolute atomic E-state index is 0.324. The van der Waals surface area contributed by atoms with Crippen molar-refractivity contribution >= 4 is 14.3 Å². The molecule has 0 unspecified atom stereocenters. The molecule has 17 heavy (non-hydrogen) atoms. The SMILES string of the molecule is C=CC(=O)OCCCCCC[Si](C)(C)OCC. The number of hydrogen-bond donors (Lipinski definition) is 0. The molecule has 0 atom stereocenters. The summed E-state index contributed by atoms with van der Waals surface area (Å²) in [6.45, 7) is 11.3. The molecule has 0 aromatic heterocycles. The summed E-state index contributed by atoms with van der Waals surface area (Å²) in [5, 5.41) is 0. The number of esters is 1. The van der Waals surface area contributed by atoms with E-state index in [0.717, 1.165) is 19.4 Å². The molecule has 0 bridgehead atoms. The van der Waals surface area contributed by atoms with Crippen LogP contribution in [0.3, 0.4) is 0 Å². The molecule has 4 heteroatoms. The molecule has 0 N–H and O–H groups in total. The molecule has 100 valence electrons. The van der Waals surface area contributed by atoms with Crippen LogP contribution in [0.25, 0.3) is 0 Å². The van der Waals surface area contributed by atoms with E-state index in [-0.39, 0.29) is 5.97 Å². The zero-order chi connectivity index (χ0) is 13.1. The molecule has 0 heterocycles. The normalized spacial score (nSPS) is 11.2. The van der Waals surface area contributed by atoms with Crippen molar-refractivity contribution in [3.8, 4) is 0 Å². The first-order valence-electron chi connectivity index (χ1n) is 6.45. The molecule has 0 radical (unpaired) electrons. The van der Waals surface area contributed by atoms with Crippen molar-refractivity contribution in [2.45, 2.75) is 51.7 Å². The summed E-state index contributed by atoms with van der Waals surface area (Å²) in [4.78, 5) is 10.8. The van der Waals surface area contributed by atoms with Crippen LogP contribution in [0.4, 0.5) is 0 Å². The van der Waals surface area contributed by atoms with Gasteiger partial charge >= 0.3 is 5.97 Å². The first kappa shape index (κ1) is 16.4. The van der Waals surface area contributed by atoms with Crippen molar-refractivity contribution < 1.29 is 14.0 Å². The highest BCUT2D eigenvalue weighted by Gasteiger charge is 2.20. The number of unbranched alkanes of at least 4 members (excludes halogenated alkanes) is 3. The zero-order valence-corrected chi connectivity index (χ0v) is 12.5. The molecule has 0 aliphatic carbocycles. The lowest BCUT2D eigenvalue weighted by Gasteiger charge is -2.21. The Balaban J connectivity index is 3.34. The van der Waals surface area contributed by atoms with E-state index in [1.54, 1.807) is 0 Å². The first-order chi connectivity index (χ1) is 8.02. The fraction of sp³-hybridized carbons (Fsp3) is 0.769. The van der Waals surface area contributed by atoms with Gasteiger partial charge in [0.15, 0.2) is 8.32 Å². The van der Waals surface area contributed by atoms with E-state index in [2.05, 4.69) is 26.6 Å². The van der Waals surface area contributed by atoms with Crippen LogP contribution in [0.2, 0.25) is 19.1 Å². The van der Waals surface area contributed by atoms with Gasteiger partial charge < -0.3 is 9.16 Å². The summed E-state index contributed by atoms with van der Waals surface area (Å²) < 4.78 is 10.7. The molecular formula is C13H26O3Si. The maximum Gasteiger partial charge on any atom is 0.330 e. The van der Waals surface area contributed by atoms with E-state index >= 15 is 0 Å². The van der Waals surface area contributed by atoms with Crippen LogP contribution in [0, 0.1) is 0 Å². The van der Waals surface area contributed by atoms with Gasteiger partial charge in [-0.25, -0.2) is 4.79 Å². The highest BCUT2D eigenvalue weighted by atomic mass is 28.4. The van der Waals surface area contributed by atoms with Gasteiger partial charge in [-0.2, -0.15) is 0 Å². The Hall–Kier alpha value is -0.613. The van der Waals surface area contributed by atoms with Gasteiger partial charge in [0.1, 0.15) is 0 Å². The van der Waals surface area contributed by atoms with E-state index in [1.807, 2.05) is 0 Å². The van der Waals surface area contributed by atoms with Gasteiger partial charge in [-0.1, -0.05) is 25.8 Å². The van der Waals surface area contributed by atoms with Crippen molar-refractivity contribution in [3.05, 3.63) is 12.7 Å². The van der Waals surface area contributed by atoms with Gasteiger partial charge in [-0.15, -0.1) is 0 Å². The molecule has 0 fully saturated rings. The van der Waals surface area contributed by atoms with E-state index in [4.69, 9.17) is 9.16 Å². The van der Waals surface area contributed by atoms with Crippen LogP contribution >= 0.6 is 0 Å². The van der Waals surface area contributed by atoms with Gasteiger partial charge in [-0.05, 0) is 32.5 Å². The van der Waals surface area contributed by atoms with Gasteiger partial charge in [0.05, 0.1) is 6.61 Å². The van der Waals surface area contributed by atoms with E-state index in [9.17, 15) is 4.79 Å². The van der Waals surface area contributed by atoms with Gasteiger partial charge in [-0.3, -0.25) is 0 Å². The molecule has 0 rings (SSSR count). The smallest absolute Gasteiger partial charge is 0.330 e. The Labute approximate surface area is 106 Å². The Bertz CT molecular complexity index is 227. The topological polar surface area (TPSA) is 35.5 Å². The zero-order valence-electron chi connectivity index (χ0n) is 11.5. The van der Waals surface area contributed by atoms with Gasteiger partial charge in [0, 0.05) is 12.7 Å². The maximum atomic E-state index is 10.8. The molecule has 0 saturated heterocycles. The van der Waals surface area contributed by atoms with Crippen molar-refractivity contribution in [3.63, 3.8) is 0 Å². The molecule has 0 aliphatic heterocycles. The van der Waals surface area contributed by atoms with Crippen molar-refractivity contribution in [2.75, 3.05) is 13.2 Å². The lowest BCUT2D eigenvalue weighted by atomic mass is 10.2. The summed E-state index contributed by atoms with van der Waals surface area (Å²) in [6.07, 6.45) is 5.66. The van der Waals surface area contributed by atoms with Crippen LogP contribution in [0.5, 0.6) is 0 Å². The predicted octanol–water partition coefficient (Wildman–Crippen LogP) is 3.52. The second-order valence-corrected chi connectivity index (χ2v) is 9.04. The van der Waals surface area contributed by atoms with Crippen molar-refractivity contribution in [1.82, 2.24) is 0 Å². The summed E-state index contributed by atoms with van der Waals surface area (Å²) in [6, 6.07) is 1.22. The molecule has 0 spiro atoms. The lowest BCUT2D eigenvalue weighted by Crippen LogP contribution is -2.29. The van der Waals surface area contributed by atoms with Crippen LogP contribution < -0.4 is 0 Å². The highest BCUT2D eigenvalue weighted by Crippen LogP contribution is 2.16. The van der Waals surface area contributed by atoms with E-state index < -0.39 is 8.32 Å². The monoisotopic (exact) mass is 258 g/mol. The number of rotatable bonds is 10. The summed E-state index contributed by atoms with van der Waals surface area (Å²) in [5.41, 5.74) is 0. The Kier molecular flexibility index (Phi) is 9.08. The van der Waals surface area contributed by atoms with E-state index in [0.29, 0.717) is 6.61 Å². The summed E-state index contributed by atoms with van der Waals surface area (Å²) in [5.74, 6) is -0.324. The third-order valence-corrected chi connectivity index (χ3v) is 5.25. The molecule has 3 nitrogen and oxygen atoms in total. The molecule has 0 aromatic carbocycles. The average molecular weight is 258 g/mol. The molecular weight excluding hydrogens is 232 g/mol. The van der Waals surface area contributed by atoms with Crippen LogP contribution in [-0.4, -0.2) is 27.5 Å². The summed E-state index contributed by atoms with van der Waals surface area (Å²) in [7, 11) is -1.39. The predicted molar refractivity (Wildman–Crippen MR) is 73.5 cm³/mol. The maximum absolute atomic E-state index is 10.8. The van der Waals surface area contributed by atoms with Crippen LogP contribution in [-0.2, 0) is 14.0 Å². The standard InChI is InChI=1S/C13H26O3Si/c1-5-13(14)15-11-9-7-8-10-12-17(3,4)16-6-2/h5H,1,6-12H2,2-4H3. The minimum atomic E-state index is -1.39. The highest BCUT2D eigenvalue weighted by molar-refractivity contribution is 6.71. The number of carbonyl (C=O) groups is 1. The molecule has 0 amide bonds. The minimum Gasteiger partial charge on any atom is -0.463 e. The van der Waals surface area contributed by atoms with Gasteiger partial charge in [0.2, 0.25) is 0 Å². The van der Waals surface area contributed by atoms with E-state index in [1.165, 1.54) is 25.0 Å². The third-order valence-electron chi connectivity index (χ3n) is 2.62. The average Bonchev–Trinajstić information content (AvgIpc) is 2.27.